The molecule has 0 bridgehead atoms. The number of aryl methyl sites for hydroxylation is 1. The van der Waals surface area contributed by atoms with E-state index in [1.807, 2.05) is 19.1 Å². The number of aliphatic hydroxyl groups is 1. The highest BCUT2D eigenvalue weighted by Crippen LogP contribution is 2.31. The lowest BCUT2D eigenvalue weighted by atomic mass is 10.0. The molecule has 1 atom stereocenters. The van der Waals surface area contributed by atoms with E-state index in [0.29, 0.717) is 30.9 Å². The second-order valence-corrected chi connectivity index (χ2v) is 11.3. The summed E-state index contributed by atoms with van der Waals surface area (Å²) in [5, 5.41) is 10.1. The summed E-state index contributed by atoms with van der Waals surface area (Å²) in [6.07, 6.45) is 5.93. The van der Waals surface area contributed by atoms with Crippen molar-refractivity contribution >= 4 is 26.3 Å². The van der Waals surface area contributed by atoms with Crippen LogP contribution in [0, 0.1) is 12.7 Å². The van der Waals surface area contributed by atoms with Crippen LogP contribution >= 0.6 is 0 Å². The number of rotatable bonds is 7. The number of β-amino-alcohol motifs (C(OH)–C–C–N with tert-alkyl or cyclic N) is 1. The predicted octanol–water partition coefficient (Wildman–Crippen LogP) is 3.47. The van der Waals surface area contributed by atoms with Crippen LogP contribution in [0.2, 0.25) is 0 Å². The number of ether oxygens (including phenoxy) is 1. The first-order chi connectivity index (χ1) is 15.7. The first-order valence-corrected chi connectivity index (χ1v) is 13.2. The molecule has 2 aromatic carbocycles. The quantitative estimate of drug-likeness (QED) is 0.567. The highest BCUT2D eigenvalue weighted by molar-refractivity contribution is 7.92. The van der Waals surface area contributed by atoms with Gasteiger partial charge in [-0.1, -0.05) is 6.07 Å². The van der Waals surface area contributed by atoms with E-state index in [-0.39, 0.29) is 18.5 Å². The second-order valence-electron chi connectivity index (χ2n) is 8.73. The van der Waals surface area contributed by atoms with E-state index in [0.717, 1.165) is 40.7 Å². The van der Waals surface area contributed by atoms with Gasteiger partial charge in [-0.15, -0.1) is 0 Å². The van der Waals surface area contributed by atoms with E-state index in [1.54, 1.807) is 18.6 Å². The van der Waals surface area contributed by atoms with Crippen molar-refractivity contribution in [3.8, 4) is 5.75 Å². The van der Waals surface area contributed by atoms with E-state index in [1.165, 1.54) is 18.5 Å². The smallest absolute Gasteiger partial charge is 0.126 e. The Kier molecular flexibility index (Phi) is 6.92. The molecule has 1 aromatic heterocycles. The average molecular weight is 473 g/mol. The van der Waals surface area contributed by atoms with Gasteiger partial charge in [0.25, 0.3) is 0 Å². The molecule has 1 aliphatic rings. The number of likely N-dealkylation sites (tertiary alicyclic amines) is 1. The normalized spacial score (nSPS) is 16.9. The molecular weight excluding hydrogens is 443 g/mol. The van der Waals surface area contributed by atoms with Gasteiger partial charge in [0, 0.05) is 65.3 Å². The van der Waals surface area contributed by atoms with Gasteiger partial charge >= 0.3 is 0 Å². The fourth-order valence-corrected chi connectivity index (χ4v) is 4.89. The number of fused-ring (bicyclic) bond motifs is 1. The number of halogens is 1. The predicted molar refractivity (Wildman–Crippen MR) is 128 cm³/mol. The Morgan fingerprint density at radius 3 is 2.85 bits per heavy atom. The van der Waals surface area contributed by atoms with Crippen LogP contribution in [-0.4, -0.2) is 69.0 Å². The summed E-state index contributed by atoms with van der Waals surface area (Å²) in [7, 11) is -2.29. The molecule has 2 heterocycles. The van der Waals surface area contributed by atoms with Gasteiger partial charge in [0.15, 0.2) is 0 Å². The van der Waals surface area contributed by atoms with Gasteiger partial charge in [0.2, 0.25) is 0 Å². The minimum Gasteiger partial charge on any atom is -0.489 e. The molecule has 0 aliphatic carbocycles. The summed E-state index contributed by atoms with van der Waals surface area (Å²) in [6, 6.07) is 8.30. The maximum Gasteiger partial charge on any atom is 0.126 e. The highest BCUT2D eigenvalue weighted by Gasteiger charge is 2.24. The van der Waals surface area contributed by atoms with Crippen LogP contribution in [0.5, 0.6) is 5.75 Å². The van der Waals surface area contributed by atoms with Crippen LogP contribution in [0.4, 0.5) is 10.1 Å². The highest BCUT2D eigenvalue weighted by atomic mass is 32.2. The molecular formula is C24H29FN4O3S. The Hall–Kier alpha value is -2.62. The zero-order chi connectivity index (χ0) is 23.6. The van der Waals surface area contributed by atoms with Crippen LogP contribution in [0.25, 0.3) is 10.9 Å². The lowest BCUT2D eigenvalue weighted by Gasteiger charge is -2.18. The van der Waals surface area contributed by atoms with E-state index in [4.69, 9.17) is 9.84 Å². The van der Waals surface area contributed by atoms with Crippen LogP contribution in [0.1, 0.15) is 23.2 Å². The second kappa shape index (κ2) is 9.70. The number of hydrogen-bond donors (Lipinski definition) is 1. The molecule has 9 heteroatoms. The number of benzene rings is 2. The molecule has 4 rings (SSSR count). The molecule has 1 fully saturated rings. The largest absolute Gasteiger partial charge is 0.489 e. The van der Waals surface area contributed by atoms with Crippen molar-refractivity contribution in [2.75, 3.05) is 38.8 Å². The first kappa shape index (κ1) is 23.5. The zero-order valence-electron chi connectivity index (χ0n) is 19.1. The average Bonchev–Trinajstić information content (AvgIpc) is 3.16. The molecule has 33 heavy (non-hydrogen) atoms. The topological polar surface area (TPSA) is 87.9 Å². The van der Waals surface area contributed by atoms with Gasteiger partial charge in [0.05, 0.1) is 23.5 Å². The number of nitrogens with zero attached hydrogens (tertiary/aromatic N) is 4. The number of aromatic nitrogens is 2. The summed E-state index contributed by atoms with van der Waals surface area (Å²) < 4.78 is 36.7. The van der Waals surface area contributed by atoms with E-state index in [9.17, 15) is 8.60 Å². The van der Waals surface area contributed by atoms with Crippen molar-refractivity contribution in [2.24, 2.45) is 4.36 Å². The van der Waals surface area contributed by atoms with Crippen molar-refractivity contribution in [1.29, 1.82) is 0 Å². The third-order valence-electron chi connectivity index (χ3n) is 5.65. The molecule has 0 unspecified atom stereocenters. The molecule has 176 valence electrons. The monoisotopic (exact) mass is 472 g/mol. The van der Waals surface area contributed by atoms with Crippen LogP contribution in [0.15, 0.2) is 41.0 Å². The summed E-state index contributed by atoms with van der Waals surface area (Å²) in [6.45, 7) is 4.23. The Labute approximate surface area is 193 Å². The standard InChI is InChI=1S/C24H29FN4O3S/c1-16-10-19(28-33(2,3)31)13-22-24(16)21(26-15-27-22)11-17-4-5-18(25)12-23(17)32-20-6-7-29(14-20)8-9-30/h4-5,10,12-13,15,20,30H,6-9,11,14H2,1-3H3/t20-/m1/s1. The Morgan fingerprint density at radius 2 is 2.09 bits per heavy atom. The molecule has 0 saturated carbocycles. The maximum atomic E-state index is 14.1. The number of aliphatic hydroxyl groups excluding tert-OH is 1. The molecule has 1 aliphatic heterocycles. The Morgan fingerprint density at radius 1 is 1.27 bits per heavy atom. The first-order valence-electron chi connectivity index (χ1n) is 10.9. The summed E-state index contributed by atoms with van der Waals surface area (Å²) in [4.78, 5) is 11.1. The Bertz CT molecular complexity index is 1280. The lowest BCUT2D eigenvalue weighted by Crippen LogP contribution is -2.27. The molecule has 1 N–H and O–H groups in total. The zero-order valence-corrected chi connectivity index (χ0v) is 19.9. The molecule has 1 saturated heterocycles. The maximum absolute atomic E-state index is 14.1. The van der Waals surface area contributed by atoms with Gasteiger partial charge < -0.3 is 9.84 Å². The summed E-state index contributed by atoms with van der Waals surface area (Å²) in [5.74, 6) is 0.162. The van der Waals surface area contributed by atoms with Crippen molar-refractivity contribution < 1.29 is 18.4 Å². The fraction of sp³-hybridized carbons (Fsp3) is 0.417. The third-order valence-corrected chi connectivity index (χ3v) is 6.30. The van der Waals surface area contributed by atoms with E-state index in [2.05, 4.69) is 19.2 Å². The van der Waals surface area contributed by atoms with Crippen molar-refractivity contribution in [3.05, 3.63) is 59.3 Å². The molecule has 3 aromatic rings. The van der Waals surface area contributed by atoms with Crippen molar-refractivity contribution in [2.45, 2.75) is 25.9 Å². The Balaban J connectivity index is 1.65. The lowest BCUT2D eigenvalue weighted by molar-refractivity contribution is 0.179. The van der Waals surface area contributed by atoms with Gasteiger partial charge in [-0.05, 0) is 37.1 Å². The third kappa shape index (κ3) is 5.85. The van der Waals surface area contributed by atoms with Crippen molar-refractivity contribution in [1.82, 2.24) is 14.9 Å². The van der Waals surface area contributed by atoms with Crippen LogP contribution in [0.3, 0.4) is 0 Å². The molecule has 0 amide bonds. The van der Waals surface area contributed by atoms with Gasteiger partial charge in [0.1, 0.15) is 24.0 Å². The minimum atomic E-state index is -2.29. The van der Waals surface area contributed by atoms with E-state index < -0.39 is 9.73 Å². The van der Waals surface area contributed by atoms with Crippen LogP contribution < -0.4 is 4.74 Å². The number of hydrogen-bond acceptors (Lipinski definition) is 7. The minimum absolute atomic E-state index is 0.0527. The van der Waals surface area contributed by atoms with Crippen LogP contribution in [-0.2, 0) is 16.1 Å². The van der Waals surface area contributed by atoms with Gasteiger partial charge in [-0.25, -0.2) is 18.6 Å². The van der Waals surface area contributed by atoms with Crippen molar-refractivity contribution in [3.63, 3.8) is 0 Å². The summed E-state index contributed by atoms with van der Waals surface area (Å²) >= 11 is 0. The van der Waals surface area contributed by atoms with Gasteiger partial charge in [-0.2, -0.15) is 4.36 Å². The SMILES string of the molecule is Cc1cc(N=S(C)(C)=O)cc2ncnc(Cc3ccc(F)cc3O[C@@H]3CCN(CCO)C3)c12. The molecule has 0 radical (unpaired) electrons. The molecule has 7 nitrogen and oxygen atoms in total. The van der Waals surface area contributed by atoms with Gasteiger partial charge in [-0.3, -0.25) is 4.90 Å². The summed E-state index contributed by atoms with van der Waals surface area (Å²) in [5.41, 5.74) is 3.94. The van der Waals surface area contributed by atoms with E-state index >= 15 is 0 Å². The fourth-order valence-electron chi connectivity index (χ4n) is 4.27. The molecule has 0 spiro atoms.